The first kappa shape index (κ1) is 22.1. The van der Waals surface area contributed by atoms with Gasteiger partial charge in [-0.2, -0.15) is 13.2 Å². The van der Waals surface area contributed by atoms with Crippen LogP contribution in [0.1, 0.15) is 12.6 Å². The van der Waals surface area contributed by atoms with Crippen LogP contribution in [-0.2, 0) is 6.18 Å². The number of carbonyl (C=O) groups is 1. The molecule has 33 heavy (non-hydrogen) atoms. The van der Waals surface area contributed by atoms with Crippen LogP contribution in [0.3, 0.4) is 0 Å². The fourth-order valence-electron chi connectivity index (χ4n) is 2.83. The average Bonchev–Trinajstić information content (AvgIpc) is 3.43. The van der Waals surface area contributed by atoms with Gasteiger partial charge in [0.15, 0.2) is 5.69 Å². The summed E-state index contributed by atoms with van der Waals surface area (Å²) >= 11 is 0.815. The minimum atomic E-state index is -4.59. The Kier molecular flexibility index (Phi) is 5.91. The highest BCUT2D eigenvalue weighted by Crippen LogP contribution is 2.38. The number of pyridine rings is 2. The van der Waals surface area contributed by atoms with E-state index in [1.54, 1.807) is 13.0 Å². The topological polar surface area (TPSA) is 145 Å². The molecule has 2 amide bonds. The van der Waals surface area contributed by atoms with E-state index in [2.05, 4.69) is 35.8 Å². The van der Waals surface area contributed by atoms with Gasteiger partial charge in [-0.3, -0.25) is 10.3 Å². The van der Waals surface area contributed by atoms with Gasteiger partial charge < -0.3 is 15.5 Å². The summed E-state index contributed by atoms with van der Waals surface area (Å²) in [4.78, 5) is 24.0. The Hall–Kier alpha value is -4.07. The molecule has 0 aliphatic carbocycles. The summed E-state index contributed by atoms with van der Waals surface area (Å²) in [5, 5.41) is 13.5. The lowest BCUT2D eigenvalue weighted by atomic mass is 10.0. The third-order valence-electron chi connectivity index (χ3n) is 4.24. The fraction of sp³-hybridized carbons (Fsp3) is 0.158. The van der Waals surface area contributed by atoms with Crippen LogP contribution in [0, 0.1) is 0 Å². The van der Waals surface area contributed by atoms with Crippen molar-refractivity contribution in [3.63, 3.8) is 0 Å². The van der Waals surface area contributed by atoms with Gasteiger partial charge in [0.05, 0.1) is 5.56 Å². The summed E-state index contributed by atoms with van der Waals surface area (Å²) in [6.45, 7) is 2.13. The highest BCUT2D eigenvalue weighted by atomic mass is 32.1. The van der Waals surface area contributed by atoms with Crippen molar-refractivity contribution >= 4 is 29.2 Å². The number of hydrogen-bond acceptors (Lipinski definition) is 9. The number of nitrogens with zero attached hydrogens (tertiary/aromatic N) is 5. The predicted octanol–water partition coefficient (Wildman–Crippen LogP) is 4.06. The third kappa shape index (κ3) is 4.90. The maximum Gasteiger partial charge on any atom is 0.434 e. The number of nitrogens with two attached hydrogens (primary N) is 1. The maximum absolute atomic E-state index is 13.1. The second-order valence-corrected chi connectivity index (χ2v) is 7.40. The van der Waals surface area contributed by atoms with E-state index in [9.17, 15) is 18.0 Å². The van der Waals surface area contributed by atoms with Crippen LogP contribution in [0.25, 0.3) is 33.2 Å². The smallest absolute Gasteiger partial charge is 0.403 e. The molecule has 14 heteroatoms. The molecule has 0 fully saturated rings. The molecule has 4 aromatic rings. The lowest BCUT2D eigenvalue weighted by Gasteiger charge is -2.11. The SMILES string of the molecule is CCNC(=O)Nc1cc(-c2nc(C(F)(F)F)cs2)c(-c2cncc(-c3nnc(N)o3)c2)cn1. The molecular weight excluding hydrogens is 461 g/mol. The number of hydrogen-bond donors (Lipinski definition) is 3. The number of urea groups is 1. The van der Waals surface area contributed by atoms with Crippen LogP contribution >= 0.6 is 11.3 Å². The monoisotopic (exact) mass is 476 g/mol. The fourth-order valence-corrected chi connectivity index (χ4v) is 3.69. The Morgan fingerprint density at radius 1 is 1.15 bits per heavy atom. The normalized spacial score (nSPS) is 11.4. The first-order valence-corrected chi connectivity index (χ1v) is 10.3. The summed E-state index contributed by atoms with van der Waals surface area (Å²) in [6.07, 6.45) is -0.212. The van der Waals surface area contributed by atoms with Gasteiger partial charge in [-0.1, -0.05) is 5.10 Å². The highest BCUT2D eigenvalue weighted by Gasteiger charge is 2.34. The van der Waals surface area contributed by atoms with Crippen LogP contribution in [0.4, 0.5) is 29.8 Å². The number of rotatable bonds is 5. The number of halogens is 3. The van der Waals surface area contributed by atoms with E-state index in [4.69, 9.17) is 10.2 Å². The summed E-state index contributed by atoms with van der Waals surface area (Å²) in [7, 11) is 0. The van der Waals surface area contributed by atoms with Gasteiger partial charge in [0.1, 0.15) is 10.8 Å². The van der Waals surface area contributed by atoms with Gasteiger partial charge in [0, 0.05) is 47.2 Å². The second-order valence-electron chi connectivity index (χ2n) is 6.54. The van der Waals surface area contributed by atoms with Crippen LogP contribution in [-0.4, -0.2) is 37.7 Å². The quantitative estimate of drug-likeness (QED) is 0.391. The van der Waals surface area contributed by atoms with Crippen molar-refractivity contribution in [2.75, 3.05) is 17.6 Å². The molecule has 0 bridgehead atoms. The lowest BCUT2D eigenvalue weighted by Crippen LogP contribution is -2.28. The number of aromatic nitrogens is 5. The molecule has 0 radical (unpaired) electrons. The average molecular weight is 476 g/mol. The number of amides is 2. The summed E-state index contributed by atoms with van der Waals surface area (Å²) in [6, 6.07) is 2.47. The minimum Gasteiger partial charge on any atom is -0.403 e. The van der Waals surface area contributed by atoms with Crippen molar-refractivity contribution in [1.82, 2.24) is 30.5 Å². The molecule has 0 aromatic carbocycles. The summed E-state index contributed by atoms with van der Waals surface area (Å²) < 4.78 is 44.6. The van der Waals surface area contributed by atoms with E-state index in [0.29, 0.717) is 28.8 Å². The molecule has 4 aromatic heterocycles. The molecule has 0 saturated carbocycles. The molecule has 0 unspecified atom stereocenters. The Morgan fingerprint density at radius 2 is 1.94 bits per heavy atom. The van der Waals surface area contributed by atoms with Gasteiger partial charge in [0.25, 0.3) is 5.89 Å². The number of alkyl halides is 3. The molecule has 0 saturated heterocycles. The highest BCUT2D eigenvalue weighted by molar-refractivity contribution is 7.13. The first-order valence-electron chi connectivity index (χ1n) is 9.37. The van der Waals surface area contributed by atoms with E-state index < -0.39 is 17.9 Å². The molecule has 0 aliphatic heterocycles. The van der Waals surface area contributed by atoms with E-state index in [1.807, 2.05) is 0 Å². The van der Waals surface area contributed by atoms with Gasteiger partial charge >= 0.3 is 18.2 Å². The molecule has 4 heterocycles. The van der Waals surface area contributed by atoms with E-state index in [1.165, 1.54) is 24.7 Å². The number of thiazole rings is 1. The van der Waals surface area contributed by atoms with E-state index in [0.717, 1.165) is 16.7 Å². The number of nitrogens with one attached hydrogen (secondary N) is 2. The van der Waals surface area contributed by atoms with Gasteiger partial charge in [0.2, 0.25) is 0 Å². The summed E-state index contributed by atoms with van der Waals surface area (Å²) in [5.74, 6) is 0.261. The van der Waals surface area contributed by atoms with Crippen molar-refractivity contribution in [3.8, 4) is 33.2 Å². The molecule has 4 rings (SSSR count). The van der Waals surface area contributed by atoms with Crippen molar-refractivity contribution in [3.05, 3.63) is 41.8 Å². The van der Waals surface area contributed by atoms with Crippen molar-refractivity contribution in [1.29, 1.82) is 0 Å². The Labute approximate surface area is 188 Å². The Morgan fingerprint density at radius 3 is 2.61 bits per heavy atom. The largest absolute Gasteiger partial charge is 0.434 e. The molecule has 0 spiro atoms. The molecule has 0 atom stereocenters. The van der Waals surface area contributed by atoms with E-state index >= 15 is 0 Å². The number of carbonyl (C=O) groups excluding carboxylic acids is 1. The van der Waals surface area contributed by atoms with Crippen molar-refractivity contribution in [2.24, 2.45) is 0 Å². The van der Waals surface area contributed by atoms with E-state index in [-0.39, 0.29) is 22.7 Å². The zero-order chi connectivity index (χ0) is 23.6. The van der Waals surface area contributed by atoms with Gasteiger partial charge in [-0.05, 0) is 19.1 Å². The predicted molar refractivity (Wildman–Crippen MR) is 114 cm³/mol. The zero-order valence-corrected chi connectivity index (χ0v) is 17.7. The van der Waals surface area contributed by atoms with Gasteiger partial charge in [-0.25, -0.2) is 14.8 Å². The second kappa shape index (κ2) is 8.82. The van der Waals surface area contributed by atoms with Crippen molar-refractivity contribution < 1.29 is 22.4 Å². The molecule has 170 valence electrons. The van der Waals surface area contributed by atoms with Crippen LogP contribution < -0.4 is 16.4 Å². The van der Waals surface area contributed by atoms with Crippen LogP contribution in [0.5, 0.6) is 0 Å². The standard InChI is InChI=1S/C19H15F3N8O2S/c1-2-25-18(31)28-14-4-11(16-27-13(8-33-16)19(20,21)22)12(7-26-14)9-3-10(6-24-5-9)15-29-30-17(23)32-15/h3-8H,2H2,1H3,(H2,23,30)(H2,25,26,28,31). The lowest BCUT2D eigenvalue weighted by molar-refractivity contribution is -0.140. The number of anilines is 2. The molecular formula is C19H15F3N8O2S. The Balaban J connectivity index is 1.80. The minimum absolute atomic E-state index is 0.0890. The summed E-state index contributed by atoms with van der Waals surface area (Å²) in [5.41, 5.74) is 6.15. The van der Waals surface area contributed by atoms with Crippen LogP contribution in [0.15, 0.2) is 40.5 Å². The first-order chi connectivity index (χ1) is 15.7. The maximum atomic E-state index is 13.1. The van der Waals surface area contributed by atoms with Gasteiger partial charge in [-0.15, -0.1) is 16.4 Å². The Bertz CT molecular complexity index is 1300. The molecule has 4 N–H and O–H groups in total. The third-order valence-corrected chi connectivity index (χ3v) is 5.12. The molecule has 10 nitrogen and oxygen atoms in total. The van der Waals surface area contributed by atoms with Crippen LogP contribution in [0.2, 0.25) is 0 Å². The number of nitrogen functional groups attached to an aromatic ring is 1. The van der Waals surface area contributed by atoms with Crippen molar-refractivity contribution in [2.45, 2.75) is 13.1 Å². The molecule has 0 aliphatic rings. The zero-order valence-electron chi connectivity index (χ0n) is 16.8.